The number of hydrogen-bond acceptors (Lipinski definition) is 3. The number of hydrogen-bond donors (Lipinski definition) is 0. The zero-order valence-corrected chi connectivity index (χ0v) is 15.8. The Hall–Kier alpha value is -2.00. The highest BCUT2D eigenvalue weighted by atomic mass is 16.5. The lowest BCUT2D eigenvalue weighted by molar-refractivity contribution is 0.105. The van der Waals surface area contributed by atoms with E-state index in [1.54, 1.807) is 14.2 Å². The molecule has 0 amide bonds. The summed E-state index contributed by atoms with van der Waals surface area (Å²) in [4.78, 5) is 2.67. The summed E-state index contributed by atoms with van der Waals surface area (Å²) in [5.41, 5.74) is 8.63. The standard InChI is InChI=1S/C22H27NO2/c1-13-6-14(2)19-12-23-15(3)8-17-10-21(24-4)22(25-5)11-18(17)20(23)9-16(19)7-13/h6-7,10-11,15,20H,8-9,12H2,1-5H3/t15-,20?/m0/s1. The van der Waals surface area contributed by atoms with E-state index in [9.17, 15) is 0 Å². The summed E-state index contributed by atoms with van der Waals surface area (Å²) in [6.45, 7) is 7.84. The molecule has 2 aromatic rings. The van der Waals surface area contributed by atoms with Crippen LogP contribution >= 0.6 is 0 Å². The van der Waals surface area contributed by atoms with Crippen LogP contribution in [0.4, 0.5) is 0 Å². The van der Waals surface area contributed by atoms with Gasteiger partial charge in [-0.1, -0.05) is 17.7 Å². The van der Waals surface area contributed by atoms with E-state index in [1.807, 2.05) is 0 Å². The minimum atomic E-state index is 0.423. The first-order valence-electron chi connectivity index (χ1n) is 9.11. The highest BCUT2D eigenvalue weighted by molar-refractivity contribution is 5.51. The number of aryl methyl sites for hydroxylation is 2. The van der Waals surface area contributed by atoms with Gasteiger partial charge in [-0.15, -0.1) is 0 Å². The molecule has 3 heteroatoms. The topological polar surface area (TPSA) is 21.7 Å². The van der Waals surface area contributed by atoms with Crippen molar-refractivity contribution < 1.29 is 9.47 Å². The molecule has 0 aromatic heterocycles. The van der Waals surface area contributed by atoms with Gasteiger partial charge in [0.1, 0.15) is 0 Å². The Labute approximate surface area is 150 Å². The average Bonchev–Trinajstić information content (AvgIpc) is 2.59. The van der Waals surface area contributed by atoms with Gasteiger partial charge in [0.05, 0.1) is 14.2 Å². The Morgan fingerprint density at radius 3 is 2.36 bits per heavy atom. The lowest BCUT2D eigenvalue weighted by Crippen LogP contribution is -2.45. The van der Waals surface area contributed by atoms with E-state index in [2.05, 4.69) is 49.9 Å². The average molecular weight is 337 g/mol. The lowest BCUT2D eigenvalue weighted by Gasteiger charge is -2.46. The molecule has 2 aliphatic heterocycles. The first-order valence-corrected chi connectivity index (χ1v) is 9.11. The summed E-state index contributed by atoms with van der Waals surface area (Å²) in [7, 11) is 3.43. The molecule has 0 fully saturated rings. The van der Waals surface area contributed by atoms with Crippen LogP contribution in [0, 0.1) is 13.8 Å². The second-order valence-corrected chi connectivity index (χ2v) is 7.57. The maximum Gasteiger partial charge on any atom is 0.161 e. The molecule has 0 bridgehead atoms. The highest BCUT2D eigenvalue weighted by Gasteiger charge is 2.37. The summed E-state index contributed by atoms with van der Waals surface area (Å²) < 4.78 is 11.1. The van der Waals surface area contributed by atoms with Gasteiger partial charge >= 0.3 is 0 Å². The molecule has 25 heavy (non-hydrogen) atoms. The van der Waals surface area contributed by atoms with E-state index in [0.717, 1.165) is 30.9 Å². The SMILES string of the molecule is COc1cc2c(cc1OC)C1Cc3cc(C)cc(C)c3CN1[C@@H](C)C2. The van der Waals surface area contributed by atoms with Crippen molar-refractivity contribution in [1.29, 1.82) is 0 Å². The Balaban J connectivity index is 1.82. The zero-order valence-electron chi connectivity index (χ0n) is 15.8. The Kier molecular flexibility index (Phi) is 3.99. The summed E-state index contributed by atoms with van der Waals surface area (Å²) in [6, 6.07) is 10.0. The molecule has 2 aliphatic rings. The number of nitrogens with zero attached hydrogens (tertiary/aromatic N) is 1. The number of fused-ring (bicyclic) bond motifs is 4. The molecule has 0 aliphatic carbocycles. The minimum Gasteiger partial charge on any atom is -0.493 e. The van der Waals surface area contributed by atoms with Gasteiger partial charge in [-0.05, 0) is 73.6 Å². The van der Waals surface area contributed by atoms with Gasteiger partial charge in [0.15, 0.2) is 11.5 Å². The fourth-order valence-corrected chi connectivity index (χ4v) is 4.72. The number of methoxy groups -OCH3 is 2. The largest absolute Gasteiger partial charge is 0.493 e. The molecule has 0 spiro atoms. The van der Waals surface area contributed by atoms with Gasteiger partial charge in [-0.3, -0.25) is 4.90 Å². The third-order valence-electron chi connectivity index (χ3n) is 5.95. The van der Waals surface area contributed by atoms with Crippen molar-refractivity contribution in [3.63, 3.8) is 0 Å². The van der Waals surface area contributed by atoms with Crippen molar-refractivity contribution in [2.75, 3.05) is 14.2 Å². The first-order chi connectivity index (χ1) is 12.0. The van der Waals surface area contributed by atoms with Crippen LogP contribution in [-0.2, 0) is 19.4 Å². The van der Waals surface area contributed by atoms with Crippen LogP contribution in [-0.4, -0.2) is 25.2 Å². The molecule has 132 valence electrons. The van der Waals surface area contributed by atoms with Crippen molar-refractivity contribution in [1.82, 2.24) is 4.90 Å². The Morgan fingerprint density at radius 2 is 1.64 bits per heavy atom. The molecule has 0 N–H and O–H groups in total. The Bertz CT molecular complexity index is 827. The van der Waals surface area contributed by atoms with E-state index >= 15 is 0 Å². The molecule has 4 rings (SSSR count). The molecule has 3 nitrogen and oxygen atoms in total. The maximum absolute atomic E-state index is 5.57. The lowest BCUT2D eigenvalue weighted by atomic mass is 9.80. The normalized spacial score (nSPS) is 22.0. The second kappa shape index (κ2) is 6.06. The van der Waals surface area contributed by atoms with Crippen molar-refractivity contribution in [2.24, 2.45) is 0 Å². The summed E-state index contributed by atoms with van der Waals surface area (Å²) in [5.74, 6) is 1.67. The molecule has 2 heterocycles. The fourth-order valence-electron chi connectivity index (χ4n) is 4.72. The van der Waals surface area contributed by atoms with Crippen LogP contribution in [0.2, 0.25) is 0 Å². The summed E-state index contributed by atoms with van der Waals surface area (Å²) in [5, 5.41) is 0. The van der Waals surface area contributed by atoms with Crippen molar-refractivity contribution in [2.45, 2.75) is 52.2 Å². The van der Waals surface area contributed by atoms with Gasteiger partial charge in [0, 0.05) is 18.6 Å². The number of ether oxygens (including phenoxy) is 2. The highest BCUT2D eigenvalue weighted by Crippen LogP contribution is 2.44. The molecule has 2 aromatic carbocycles. The molecule has 2 atom stereocenters. The molecule has 0 radical (unpaired) electrons. The predicted octanol–water partition coefficient (Wildman–Crippen LogP) is 4.36. The van der Waals surface area contributed by atoms with Crippen molar-refractivity contribution in [3.8, 4) is 11.5 Å². The molecule has 0 saturated carbocycles. The van der Waals surface area contributed by atoms with Gasteiger partial charge in [-0.2, -0.15) is 0 Å². The molecule has 0 saturated heterocycles. The summed E-state index contributed by atoms with van der Waals surface area (Å²) in [6.07, 6.45) is 2.14. The van der Waals surface area contributed by atoms with Crippen LogP contribution in [0.15, 0.2) is 24.3 Å². The molecule has 1 unspecified atom stereocenters. The monoisotopic (exact) mass is 337 g/mol. The smallest absolute Gasteiger partial charge is 0.161 e. The maximum atomic E-state index is 5.57. The van der Waals surface area contributed by atoms with Gasteiger partial charge in [0.2, 0.25) is 0 Å². The minimum absolute atomic E-state index is 0.423. The zero-order chi connectivity index (χ0) is 17.7. The molecular formula is C22H27NO2. The van der Waals surface area contributed by atoms with Crippen LogP contribution < -0.4 is 9.47 Å². The van der Waals surface area contributed by atoms with Crippen molar-refractivity contribution in [3.05, 3.63) is 57.6 Å². The van der Waals surface area contributed by atoms with Crippen LogP contribution in [0.25, 0.3) is 0 Å². The van der Waals surface area contributed by atoms with Crippen molar-refractivity contribution >= 4 is 0 Å². The second-order valence-electron chi connectivity index (χ2n) is 7.57. The van der Waals surface area contributed by atoms with E-state index < -0.39 is 0 Å². The summed E-state index contributed by atoms with van der Waals surface area (Å²) >= 11 is 0. The third-order valence-corrected chi connectivity index (χ3v) is 5.95. The van der Waals surface area contributed by atoms with Gasteiger partial charge < -0.3 is 9.47 Å². The van der Waals surface area contributed by atoms with E-state index in [4.69, 9.17) is 9.47 Å². The first kappa shape index (κ1) is 16.5. The quantitative estimate of drug-likeness (QED) is 0.812. The number of rotatable bonds is 2. The van der Waals surface area contributed by atoms with Crippen LogP contribution in [0.5, 0.6) is 11.5 Å². The predicted molar refractivity (Wildman–Crippen MR) is 101 cm³/mol. The van der Waals surface area contributed by atoms with Gasteiger partial charge in [-0.25, -0.2) is 0 Å². The fraction of sp³-hybridized carbons (Fsp3) is 0.455. The third kappa shape index (κ3) is 2.62. The van der Waals surface area contributed by atoms with Crippen LogP contribution in [0.1, 0.15) is 46.3 Å². The van der Waals surface area contributed by atoms with Crippen LogP contribution in [0.3, 0.4) is 0 Å². The van der Waals surface area contributed by atoms with E-state index in [1.165, 1.54) is 33.4 Å². The van der Waals surface area contributed by atoms with E-state index in [0.29, 0.717) is 12.1 Å². The van der Waals surface area contributed by atoms with E-state index in [-0.39, 0.29) is 0 Å². The number of benzene rings is 2. The van der Waals surface area contributed by atoms with Gasteiger partial charge in [0.25, 0.3) is 0 Å². The Morgan fingerprint density at radius 1 is 0.920 bits per heavy atom. The molecular weight excluding hydrogens is 310 g/mol.